The van der Waals surface area contributed by atoms with Gasteiger partial charge in [0.1, 0.15) is 11.8 Å². The Hall–Kier alpha value is -6.18. The molecule has 0 spiro atoms. The summed E-state index contributed by atoms with van der Waals surface area (Å²) in [7, 11) is -4.95. The second kappa shape index (κ2) is 21.0. The van der Waals surface area contributed by atoms with Crippen LogP contribution in [0.15, 0.2) is 168 Å². The fraction of sp³-hybridized carbons (Fsp3) is 0.216. The van der Waals surface area contributed by atoms with Gasteiger partial charge in [-0.3, -0.25) is 14.6 Å². The van der Waals surface area contributed by atoms with Crippen LogP contribution in [0.3, 0.4) is 0 Å². The average molecular weight is 959 g/mol. The van der Waals surface area contributed by atoms with E-state index < -0.39 is 19.7 Å². The molecular weight excluding hydrogens is 909 g/mol. The standard InChI is InChI=1S/C25H22N2O4S2.C25H24N2O3S2.CH4/c1-31-22-5-3-4-6-23(22)32-24-13-17(7-8-18(24)15-26)19-14-25(28)27(16-19)20-9-11-21(12-10-20)33(2,29)30;1-17-6-4-5-7-23(17)31-24-14-18(8-13-22(24)26-2)19-15-25(28)27(16-19)20-9-11-21(12-10-20)32(3,29)30;/h3-13,19H,14,16H2,1-2H3;4-14,19H,2,15-16H2,1,3H3;1H4/t2*19-;/m00./s1. The van der Waals surface area contributed by atoms with Gasteiger partial charge < -0.3 is 14.5 Å². The third kappa shape index (κ3) is 11.4. The minimum atomic E-state index is -3.29. The van der Waals surface area contributed by atoms with Crippen molar-refractivity contribution in [1.29, 1.82) is 5.26 Å². The summed E-state index contributed by atoms with van der Waals surface area (Å²) in [5.74, 6) is 0.761. The predicted molar refractivity (Wildman–Crippen MR) is 264 cm³/mol. The van der Waals surface area contributed by atoms with Crippen LogP contribution in [0.1, 0.15) is 54.4 Å². The second-order valence-corrected chi connectivity index (χ2v) is 21.9. The van der Waals surface area contributed by atoms with Gasteiger partial charge >= 0.3 is 0 Å². The highest BCUT2D eigenvalue weighted by Gasteiger charge is 2.33. The summed E-state index contributed by atoms with van der Waals surface area (Å²) < 4.78 is 52.3. The maximum atomic E-state index is 12.8. The highest BCUT2D eigenvalue weighted by molar-refractivity contribution is 7.99. The van der Waals surface area contributed by atoms with Crippen LogP contribution in [0.4, 0.5) is 17.1 Å². The topological polar surface area (TPSA) is 154 Å². The molecule has 0 radical (unpaired) electrons. The van der Waals surface area contributed by atoms with E-state index in [1.165, 1.54) is 35.7 Å². The zero-order valence-corrected chi connectivity index (χ0v) is 39.4. The summed E-state index contributed by atoms with van der Waals surface area (Å²) in [6, 6.07) is 42.7. The zero-order chi connectivity index (χ0) is 46.5. The number of nitrogens with zero attached hydrogens (tertiary/aromatic N) is 4. The molecular formula is C51H50N4O7S4. The van der Waals surface area contributed by atoms with Gasteiger partial charge in [0.15, 0.2) is 19.7 Å². The number of benzene rings is 6. The molecule has 11 nitrogen and oxygen atoms in total. The number of hydrogen-bond donors (Lipinski definition) is 0. The van der Waals surface area contributed by atoms with E-state index in [1.54, 1.807) is 71.1 Å². The predicted octanol–water partition coefficient (Wildman–Crippen LogP) is 10.7. The number of carbonyl (C=O) groups excluding carboxylic acids is 2. The summed E-state index contributed by atoms with van der Waals surface area (Å²) >= 11 is 3.11. The SMILES string of the molecule is C.C=Nc1ccc([C@H]2CC(=O)N(c3ccc(S(C)(=O)=O)cc3)C2)cc1Sc1ccccc1C.COc1ccccc1Sc1cc([C@H]2CC(=O)N(c3ccc(S(C)(=O)=O)cc3)C2)ccc1C#N. The largest absolute Gasteiger partial charge is 0.496 e. The Balaban J connectivity index is 0.000000215. The Morgan fingerprint density at radius 2 is 1.12 bits per heavy atom. The Morgan fingerprint density at radius 1 is 0.652 bits per heavy atom. The molecule has 0 aliphatic carbocycles. The van der Waals surface area contributed by atoms with E-state index in [4.69, 9.17) is 4.74 Å². The fourth-order valence-corrected chi connectivity index (χ4v) is 11.0. The number of nitriles is 1. The molecule has 0 unspecified atom stereocenters. The summed E-state index contributed by atoms with van der Waals surface area (Å²) in [6.45, 7) is 6.82. The fourth-order valence-electron chi connectivity index (χ4n) is 7.69. The number of para-hydroxylation sites is 1. The minimum absolute atomic E-state index is 0. The zero-order valence-electron chi connectivity index (χ0n) is 36.2. The molecule has 15 heteroatoms. The van der Waals surface area contributed by atoms with Crippen LogP contribution in [0.25, 0.3) is 0 Å². The van der Waals surface area contributed by atoms with Crippen molar-refractivity contribution in [3.05, 3.63) is 156 Å². The molecule has 2 aliphatic rings. The molecule has 6 aromatic rings. The summed E-state index contributed by atoms with van der Waals surface area (Å²) in [5.41, 5.74) is 6.02. The van der Waals surface area contributed by atoms with Crippen LogP contribution in [-0.4, -0.2) is 68.1 Å². The number of rotatable bonds is 12. The maximum Gasteiger partial charge on any atom is 0.227 e. The molecule has 0 N–H and O–H groups in total. The van der Waals surface area contributed by atoms with E-state index >= 15 is 0 Å². The third-order valence-electron chi connectivity index (χ3n) is 11.2. The van der Waals surface area contributed by atoms with E-state index in [1.807, 2.05) is 60.7 Å². The summed E-state index contributed by atoms with van der Waals surface area (Å²) in [4.78, 5) is 37.4. The van der Waals surface area contributed by atoms with Crippen molar-refractivity contribution in [3.8, 4) is 11.8 Å². The molecule has 0 saturated carbocycles. The molecule has 6 aromatic carbocycles. The first-order chi connectivity index (χ1) is 31.1. The second-order valence-electron chi connectivity index (χ2n) is 15.7. The van der Waals surface area contributed by atoms with Crippen LogP contribution < -0.4 is 14.5 Å². The molecule has 2 fully saturated rings. The third-order valence-corrected chi connectivity index (χ3v) is 15.8. The molecule has 0 bridgehead atoms. The van der Waals surface area contributed by atoms with Gasteiger partial charge in [-0.15, -0.1) is 0 Å². The van der Waals surface area contributed by atoms with E-state index in [0.717, 1.165) is 48.4 Å². The Morgan fingerprint density at radius 3 is 1.61 bits per heavy atom. The van der Waals surface area contributed by atoms with Crippen molar-refractivity contribution in [2.45, 2.75) is 68.4 Å². The van der Waals surface area contributed by atoms with E-state index in [2.05, 4.69) is 42.9 Å². The van der Waals surface area contributed by atoms with Crippen molar-refractivity contribution in [3.63, 3.8) is 0 Å². The summed E-state index contributed by atoms with van der Waals surface area (Å²) in [5, 5.41) is 9.59. The molecule has 0 aromatic heterocycles. The van der Waals surface area contributed by atoms with Crippen molar-refractivity contribution >= 4 is 78.8 Å². The van der Waals surface area contributed by atoms with Crippen LogP contribution in [-0.2, 0) is 29.3 Å². The highest BCUT2D eigenvalue weighted by Crippen LogP contribution is 2.42. The summed E-state index contributed by atoms with van der Waals surface area (Å²) in [6.07, 6.45) is 3.08. The quantitative estimate of drug-likeness (QED) is 0.108. The molecule has 2 aliphatic heterocycles. The first kappa shape index (κ1) is 49.3. The van der Waals surface area contributed by atoms with Crippen LogP contribution in [0.2, 0.25) is 0 Å². The molecule has 8 rings (SSSR count). The van der Waals surface area contributed by atoms with Gasteiger partial charge in [-0.25, -0.2) is 16.8 Å². The number of hydrogen-bond acceptors (Lipinski definition) is 11. The number of methoxy groups -OCH3 is 1. The first-order valence-corrected chi connectivity index (χ1v) is 25.9. The maximum absolute atomic E-state index is 12.8. The van der Waals surface area contributed by atoms with Gasteiger partial charge in [-0.1, -0.05) is 73.4 Å². The lowest BCUT2D eigenvalue weighted by molar-refractivity contribution is -0.118. The monoisotopic (exact) mass is 958 g/mol. The minimum Gasteiger partial charge on any atom is -0.496 e. The number of amides is 2. The lowest BCUT2D eigenvalue weighted by Gasteiger charge is -2.18. The van der Waals surface area contributed by atoms with Crippen LogP contribution >= 0.6 is 23.5 Å². The molecule has 2 heterocycles. The Bertz CT molecular complexity index is 3040. The number of anilines is 2. The van der Waals surface area contributed by atoms with E-state index in [-0.39, 0.29) is 40.9 Å². The van der Waals surface area contributed by atoms with Gasteiger partial charge in [-0.05, 0) is 121 Å². The average Bonchev–Trinajstić information content (AvgIpc) is 3.89. The number of sulfone groups is 2. The van der Waals surface area contributed by atoms with Crippen LogP contribution in [0, 0.1) is 18.3 Å². The molecule has 2 amide bonds. The number of aryl methyl sites for hydroxylation is 1. The normalized spacial score (nSPS) is 15.9. The van der Waals surface area contributed by atoms with Crippen molar-refractivity contribution in [1.82, 2.24) is 0 Å². The van der Waals surface area contributed by atoms with Crippen molar-refractivity contribution < 1.29 is 31.2 Å². The highest BCUT2D eigenvalue weighted by atomic mass is 32.2. The molecule has 2 saturated heterocycles. The lowest BCUT2D eigenvalue weighted by Crippen LogP contribution is -2.24. The number of ether oxygens (including phenoxy) is 1. The lowest BCUT2D eigenvalue weighted by atomic mass is 9.97. The van der Waals surface area contributed by atoms with Gasteiger partial charge in [0.25, 0.3) is 0 Å². The Kier molecular flexibility index (Phi) is 15.7. The van der Waals surface area contributed by atoms with Crippen LogP contribution in [0.5, 0.6) is 5.75 Å². The number of aliphatic imine (C=N–C) groups is 1. The van der Waals surface area contributed by atoms with Gasteiger partial charge in [-0.2, -0.15) is 5.26 Å². The molecule has 66 heavy (non-hydrogen) atoms. The van der Waals surface area contributed by atoms with E-state index in [0.29, 0.717) is 42.9 Å². The molecule has 340 valence electrons. The smallest absolute Gasteiger partial charge is 0.227 e. The molecule has 2 atom stereocenters. The van der Waals surface area contributed by atoms with Gasteiger partial charge in [0.2, 0.25) is 11.8 Å². The number of carbonyl (C=O) groups is 2. The van der Waals surface area contributed by atoms with Gasteiger partial charge in [0, 0.05) is 76.3 Å². The first-order valence-electron chi connectivity index (χ1n) is 20.5. The van der Waals surface area contributed by atoms with Crippen molar-refractivity contribution in [2.75, 3.05) is 42.5 Å². The van der Waals surface area contributed by atoms with E-state index in [9.17, 15) is 31.7 Å². The van der Waals surface area contributed by atoms with Gasteiger partial charge in [0.05, 0.1) is 33.0 Å². The van der Waals surface area contributed by atoms with Crippen molar-refractivity contribution in [2.24, 2.45) is 4.99 Å². The Labute approximate surface area is 396 Å².